The Morgan fingerprint density at radius 1 is 1.24 bits per heavy atom. The first-order valence-electron chi connectivity index (χ1n) is 6.54. The molecule has 1 unspecified atom stereocenters. The van der Waals surface area contributed by atoms with Crippen LogP contribution in [0.5, 0.6) is 0 Å². The lowest BCUT2D eigenvalue weighted by Crippen LogP contribution is -2.03. The molecular weight excluding hydrogens is 340 g/mol. The Kier molecular flexibility index (Phi) is 3.76. The van der Waals surface area contributed by atoms with Crippen molar-refractivity contribution in [2.75, 3.05) is 5.32 Å². The van der Waals surface area contributed by atoms with Gasteiger partial charge in [0.1, 0.15) is 0 Å². The Bertz CT molecular complexity index is 717. The maximum Gasteiger partial charge on any atom is 0.228 e. The van der Waals surface area contributed by atoms with Gasteiger partial charge in [-0.15, -0.1) is 0 Å². The number of rotatable bonds is 3. The fourth-order valence-electron chi connectivity index (χ4n) is 2.46. The summed E-state index contributed by atoms with van der Waals surface area (Å²) in [6, 6.07) is 9.81. The molecule has 0 radical (unpaired) electrons. The highest BCUT2D eigenvalue weighted by Gasteiger charge is 2.20. The second kappa shape index (κ2) is 5.56. The number of carbonyl (C=O) groups excluding carboxylic acids is 1. The van der Waals surface area contributed by atoms with Gasteiger partial charge in [0.05, 0.1) is 6.42 Å². The van der Waals surface area contributed by atoms with E-state index in [-0.39, 0.29) is 10.7 Å². The van der Waals surface area contributed by atoms with E-state index in [9.17, 15) is 13.6 Å². The number of carbonyl (C=O) groups is 1. The lowest BCUT2D eigenvalue weighted by atomic mass is 10.0. The van der Waals surface area contributed by atoms with E-state index in [1.165, 1.54) is 6.07 Å². The molecule has 21 heavy (non-hydrogen) atoms. The number of hydrogen-bond donors (Lipinski definition) is 1. The Hall–Kier alpha value is -1.75. The molecule has 1 amide bonds. The van der Waals surface area contributed by atoms with Gasteiger partial charge in [-0.05, 0) is 35.2 Å². The normalized spacial score (nSPS) is 14.7. The first-order chi connectivity index (χ1) is 10.0. The van der Waals surface area contributed by atoms with Crippen molar-refractivity contribution in [1.82, 2.24) is 0 Å². The van der Waals surface area contributed by atoms with Crippen LogP contribution in [0.4, 0.5) is 14.5 Å². The standard InChI is InChI=1S/C16H12BrF2NO/c17-12(7-10-2-1-3-13(18)16(10)19)9-4-5-14-11(6-9)8-15(21)20-14/h1-6,12H,7-8H2,(H,20,21). The van der Waals surface area contributed by atoms with Gasteiger partial charge >= 0.3 is 0 Å². The maximum atomic E-state index is 13.7. The molecule has 0 saturated carbocycles. The summed E-state index contributed by atoms with van der Waals surface area (Å²) in [5.74, 6) is -1.67. The van der Waals surface area contributed by atoms with Crippen molar-refractivity contribution in [1.29, 1.82) is 0 Å². The van der Waals surface area contributed by atoms with Crippen molar-refractivity contribution in [3.63, 3.8) is 0 Å². The van der Waals surface area contributed by atoms with E-state index in [2.05, 4.69) is 21.2 Å². The predicted molar refractivity (Wildman–Crippen MR) is 80.5 cm³/mol. The van der Waals surface area contributed by atoms with Gasteiger partial charge < -0.3 is 5.32 Å². The van der Waals surface area contributed by atoms with Crippen LogP contribution in [-0.4, -0.2) is 5.91 Å². The van der Waals surface area contributed by atoms with Gasteiger partial charge in [0.2, 0.25) is 5.91 Å². The predicted octanol–water partition coefficient (Wildman–Crippen LogP) is 4.14. The molecule has 0 bridgehead atoms. The fraction of sp³-hybridized carbons (Fsp3) is 0.188. The highest BCUT2D eigenvalue weighted by Crippen LogP contribution is 2.32. The van der Waals surface area contributed by atoms with E-state index in [4.69, 9.17) is 0 Å². The van der Waals surface area contributed by atoms with Crippen molar-refractivity contribution in [2.24, 2.45) is 0 Å². The molecule has 1 N–H and O–H groups in total. The van der Waals surface area contributed by atoms with Crippen LogP contribution < -0.4 is 5.32 Å². The van der Waals surface area contributed by atoms with Crippen LogP contribution >= 0.6 is 15.9 Å². The van der Waals surface area contributed by atoms with Crippen molar-refractivity contribution in [2.45, 2.75) is 17.7 Å². The van der Waals surface area contributed by atoms with Crippen LogP contribution in [0, 0.1) is 11.6 Å². The third-order valence-corrected chi connectivity index (χ3v) is 4.40. The number of anilines is 1. The molecular formula is C16H12BrF2NO. The highest BCUT2D eigenvalue weighted by atomic mass is 79.9. The van der Waals surface area contributed by atoms with Crippen LogP contribution in [0.15, 0.2) is 36.4 Å². The molecule has 3 rings (SSSR count). The van der Waals surface area contributed by atoms with Crippen LogP contribution in [0.2, 0.25) is 0 Å². The van der Waals surface area contributed by atoms with E-state index >= 15 is 0 Å². The molecule has 5 heteroatoms. The summed E-state index contributed by atoms with van der Waals surface area (Å²) in [4.78, 5) is 11.2. The quantitative estimate of drug-likeness (QED) is 0.827. The van der Waals surface area contributed by atoms with Gasteiger partial charge in [0.15, 0.2) is 11.6 Å². The van der Waals surface area contributed by atoms with Crippen molar-refractivity contribution in [3.05, 3.63) is 64.7 Å². The number of hydrogen-bond acceptors (Lipinski definition) is 1. The Morgan fingerprint density at radius 2 is 2.05 bits per heavy atom. The SMILES string of the molecule is O=C1Cc2cc(C(Br)Cc3cccc(F)c3F)ccc2N1. The molecule has 2 aromatic carbocycles. The number of halogens is 3. The summed E-state index contributed by atoms with van der Waals surface area (Å²) in [7, 11) is 0. The zero-order chi connectivity index (χ0) is 15.0. The van der Waals surface area contributed by atoms with E-state index in [0.29, 0.717) is 18.4 Å². The van der Waals surface area contributed by atoms with Crippen molar-refractivity contribution >= 4 is 27.5 Å². The van der Waals surface area contributed by atoms with Gasteiger partial charge in [0, 0.05) is 10.5 Å². The monoisotopic (exact) mass is 351 g/mol. The van der Waals surface area contributed by atoms with Gasteiger partial charge in [-0.25, -0.2) is 8.78 Å². The number of amides is 1. The molecule has 0 aromatic heterocycles. The Morgan fingerprint density at radius 3 is 2.86 bits per heavy atom. The molecule has 2 aromatic rings. The van der Waals surface area contributed by atoms with Gasteiger partial charge in [-0.1, -0.05) is 40.2 Å². The average molecular weight is 352 g/mol. The second-order valence-electron chi connectivity index (χ2n) is 5.03. The van der Waals surface area contributed by atoms with Gasteiger partial charge in [-0.3, -0.25) is 4.79 Å². The summed E-state index contributed by atoms with van der Waals surface area (Å²) in [6.07, 6.45) is 0.695. The Balaban J connectivity index is 1.83. The molecule has 0 fully saturated rings. The summed E-state index contributed by atoms with van der Waals surface area (Å²) in [5, 5.41) is 2.77. The van der Waals surface area contributed by atoms with E-state index < -0.39 is 11.6 Å². The van der Waals surface area contributed by atoms with Crippen LogP contribution in [0.1, 0.15) is 21.5 Å². The lowest BCUT2D eigenvalue weighted by Gasteiger charge is -2.12. The topological polar surface area (TPSA) is 29.1 Å². The van der Waals surface area contributed by atoms with Gasteiger partial charge in [-0.2, -0.15) is 0 Å². The molecule has 2 nitrogen and oxygen atoms in total. The lowest BCUT2D eigenvalue weighted by molar-refractivity contribution is -0.115. The minimum Gasteiger partial charge on any atom is -0.326 e. The van der Waals surface area contributed by atoms with Crippen LogP contribution in [0.25, 0.3) is 0 Å². The molecule has 1 atom stereocenters. The molecule has 0 saturated heterocycles. The minimum absolute atomic E-state index is 0.0237. The minimum atomic E-state index is -0.837. The van der Waals surface area contributed by atoms with Crippen LogP contribution in [-0.2, 0) is 17.6 Å². The van der Waals surface area contributed by atoms with E-state index in [0.717, 1.165) is 22.9 Å². The molecule has 1 aliphatic rings. The van der Waals surface area contributed by atoms with Crippen molar-refractivity contribution in [3.8, 4) is 0 Å². The summed E-state index contributed by atoms with van der Waals surface area (Å²) in [5.41, 5.74) is 3.02. The number of fused-ring (bicyclic) bond motifs is 1. The largest absolute Gasteiger partial charge is 0.326 e. The first kappa shape index (κ1) is 14.2. The van der Waals surface area contributed by atoms with Crippen LogP contribution in [0.3, 0.4) is 0 Å². The third-order valence-electron chi connectivity index (χ3n) is 3.55. The molecule has 1 heterocycles. The third kappa shape index (κ3) is 2.83. The van der Waals surface area contributed by atoms with Crippen molar-refractivity contribution < 1.29 is 13.6 Å². The van der Waals surface area contributed by atoms with Gasteiger partial charge in [0.25, 0.3) is 0 Å². The molecule has 0 spiro atoms. The van der Waals surface area contributed by atoms with E-state index in [1.807, 2.05) is 18.2 Å². The summed E-state index contributed by atoms with van der Waals surface area (Å²) < 4.78 is 26.9. The molecule has 0 aliphatic carbocycles. The second-order valence-corrected chi connectivity index (χ2v) is 6.13. The van der Waals surface area contributed by atoms with E-state index in [1.54, 1.807) is 6.07 Å². The highest BCUT2D eigenvalue weighted by molar-refractivity contribution is 9.09. The average Bonchev–Trinajstić information content (AvgIpc) is 2.82. The zero-order valence-electron chi connectivity index (χ0n) is 11.0. The number of alkyl halides is 1. The molecule has 108 valence electrons. The zero-order valence-corrected chi connectivity index (χ0v) is 12.6. The summed E-state index contributed by atoms with van der Waals surface area (Å²) in [6.45, 7) is 0. The number of benzene rings is 2. The number of nitrogens with one attached hydrogen (secondary N) is 1. The Labute approximate surface area is 129 Å². The summed E-state index contributed by atoms with van der Waals surface area (Å²) >= 11 is 3.51. The smallest absolute Gasteiger partial charge is 0.228 e. The molecule has 1 aliphatic heterocycles. The maximum absolute atomic E-state index is 13.7. The first-order valence-corrected chi connectivity index (χ1v) is 7.46. The fourth-order valence-corrected chi connectivity index (χ4v) is 3.09.